The van der Waals surface area contributed by atoms with Crippen molar-refractivity contribution in [2.75, 3.05) is 33.4 Å². The molecule has 0 saturated heterocycles. The minimum atomic E-state index is -3.47. The second-order valence-corrected chi connectivity index (χ2v) is 6.57. The van der Waals surface area contributed by atoms with Gasteiger partial charge in [0.25, 0.3) is 0 Å². The zero-order chi connectivity index (χ0) is 14.6. The number of nitrogens with two attached hydrogens (primary N) is 1. The number of methoxy groups -OCH3 is 1. The monoisotopic (exact) mass is 300 g/mol. The third-order valence-electron chi connectivity index (χ3n) is 3.20. The largest absolute Gasteiger partial charge is 0.380 e. The van der Waals surface area contributed by atoms with Crippen LogP contribution in [0.5, 0.6) is 0 Å². The number of nitrogens with zero attached hydrogens (tertiary/aromatic N) is 3. The number of aromatic nitrogens is 2. The minimum absolute atomic E-state index is 0.217. The Morgan fingerprint density at radius 3 is 2.90 bits per heavy atom. The quantitative estimate of drug-likeness (QED) is 0.735. The van der Waals surface area contributed by atoms with Crippen molar-refractivity contribution >= 4 is 10.0 Å². The van der Waals surface area contributed by atoms with Crippen LogP contribution >= 0.6 is 0 Å². The maximum absolute atomic E-state index is 12.5. The highest BCUT2D eigenvalue weighted by atomic mass is 32.2. The number of hydrogen-bond donors (Lipinski definition) is 1. The number of ether oxygens (including phenoxy) is 1. The van der Waals surface area contributed by atoms with Crippen LogP contribution in [0.4, 0.5) is 0 Å². The third kappa shape index (κ3) is 3.26. The zero-order valence-electron chi connectivity index (χ0n) is 11.5. The highest BCUT2D eigenvalue weighted by Gasteiger charge is 2.27. The van der Waals surface area contributed by atoms with E-state index in [4.69, 9.17) is 10.5 Å². The molecule has 0 bridgehead atoms. The Kier molecular flexibility index (Phi) is 4.92. The average Bonchev–Trinajstić information content (AvgIpc) is 2.90. The second-order valence-electron chi connectivity index (χ2n) is 4.64. The Balaban J connectivity index is 2.11. The molecule has 8 heteroatoms. The molecule has 0 unspecified atom stereocenters. The van der Waals surface area contributed by atoms with E-state index >= 15 is 0 Å². The summed E-state index contributed by atoms with van der Waals surface area (Å²) in [5.74, 6) is 0. The average molecular weight is 300 g/mol. The summed E-state index contributed by atoms with van der Waals surface area (Å²) < 4.78 is 33.0. The molecule has 0 aromatic carbocycles. The molecule has 1 aromatic heterocycles. The van der Waals surface area contributed by atoms with Crippen molar-refractivity contribution in [2.24, 2.45) is 5.73 Å². The molecular weight excluding hydrogens is 280 g/mol. The standard InChI is InChI=1S/C12H20N4O3S/c1-19-10-11-2-5-16(6-3-11)20(17,18)12-8-14-15(9-12)7-4-13/h2,8-9H,3-7,10,13H2,1H3. The third-order valence-corrected chi connectivity index (χ3v) is 5.02. The van der Waals surface area contributed by atoms with Crippen molar-refractivity contribution in [3.05, 3.63) is 24.0 Å². The van der Waals surface area contributed by atoms with Crippen LogP contribution in [0.3, 0.4) is 0 Å². The van der Waals surface area contributed by atoms with Crippen LogP contribution in [-0.2, 0) is 21.3 Å². The molecule has 0 fully saturated rings. The molecule has 1 aliphatic rings. The SMILES string of the molecule is COCC1=CCN(S(=O)(=O)c2cnn(CCN)c2)CC1. The summed E-state index contributed by atoms with van der Waals surface area (Å²) in [4.78, 5) is 0.217. The maximum atomic E-state index is 12.5. The maximum Gasteiger partial charge on any atom is 0.246 e. The molecule has 2 rings (SSSR count). The molecule has 112 valence electrons. The van der Waals surface area contributed by atoms with Gasteiger partial charge in [0.15, 0.2) is 0 Å². The molecule has 0 aliphatic carbocycles. The first-order chi connectivity index (χ1) is 9.57. The van der Waals surface area contributed by atoms with E-state index in [9.17, 15) is 8.42 Å². The Morgan fingerprint density at radius 2 is 2.30 bits per heavy atom. The molecule has 1 aromatic rings. The Hall–Kier alpha value is -1.22. The van der Waals surface area contributed by atoms with E-state index in [0.29, 0.717) is 39.2 Å². The summed E-state index contributed by atoms with van der Waals surface area (Å²) in [5, 5.41) is 4.01. The number of rotatable bonds is 6. The first kappa shape index (κ1) is 15.2. The van der Waals surface area contributed by atoms with Crippen LogP contribution in [0.2, 0.25) is 0 Å². The lowest BCUT2D eigenvalue weighted by atomic mass is 10.1. The molecule has 0 atom stereocenters. The van der Waals surface area contributed by atoms with Gasteiger partial charge in [0.05, 0.1) is 19.3 Å². The molecule has 2 N–H and O–H groups in total. The van der Waals surface area contributed by atoms with Gasteiger partial charge in [-0.2, -0.15) is 9.40 Å². The van der Waals surface area contributed by atoms with E-state index in [2.05, 4.69) is 5.10 Å². The molecule has 0 radical (unpaired) electrons. The van der Waals surface area contributed by atoms with E-state index in [-0.39, 0.29) is 4.90 Å². The smallest absolute Gasteiger partial charge is 0.246 e. The highest BCUT2D eigenvalue weighted by molar-refractivity contribution is 7.89. The van der Waals surface area contributed by atoms with Crippen LogP contribution in [0.15, 0.2) is 28.9 Å². The van der Waals surface area contributed by atoms with Crippen LogP contribution in [0.25, 0.3) is 0 Å². The van der Waals surface area contributed by atoms with E-state index in [1.807, 2.05) is 6.08 Å². The van der Waals surface area contributed by atoms with Crippen molar-refractivity contribution in [3.8, 4) is 0 Å². The van der Waals surface area contributed by atoms with Gasteiger partial charge in [0.1, 0.15) is 4.90 Å². The summed E-state index contributed by atoms with van der Waals surface area (Å²) in [7, 11) is -1.84. The second kappa shape index (κ2) is 6.49. The number of hydrogen-bond acceptors (Lipinski definition) is 5. The van der Waals surface area contributed by atoms with Gasteiger partial charge in [-0.3, -0.25) is 4.68 Å². The normalized spacial score (nSPS) is 17.2. The van der Waals surface area contributed by atoms with Gasteiger partial charge < -0.3 is 10.5 Å². The Labute approximate surface area is 119 Å². The highest BCUT2D eigenvalue weighted by Crippen LogP contribution is 2.20. The van der Waals surface area contributed by atoms with Crippen LogP contribution in [-0.4, -0.2) is 55.9 Å². The fraction of sp³-hybridized carbons (Fsp3) is 0.583. The van der Waals surface area contributed by atoms with Gasteiger partial charge in [-0.15, -0.1) is 0 Å². The molecule has 20 heavy (non-hydrogen) atoms. The predicted molar refractivity (Wildman–Crippen MR) is 74.6 cm³/mol. The summed E-state index contributed by atoms with van der Waals surface area (Å²) in [6.45, 7) is 2.34. The lowest BCUT2D eigenvalue weighted by Crippen LogP contribution is -2.35. The lowest BCUT2D eigenvalue weighted by molar-refractivity contribution is 0.219. The topological polar surface area (TPSA) is 90.5 Å². The van der Waals surface area contributed by atoms with Gasteiger partial charge in [-0.05, 0) is 12.0 Å². The van der Waals surface area contributed by atoms with Gasteiger partial charge in [-0.25, -0.2) is 8.42 Å². The van der Waals surface area contributed by atoms with Crippen molar-refractivity contribution < 1.29 is 13.2 Å². The summed E-state index contributed by atoms with van der Waals surface area (Å²) >= 11 is 0. The fourth-order valence-electron chi connectivity index (χ4n) is 2.11. The van der Waals surface area contributed by atoms with Crippen LogP contribution in [0.1, 0.15) is 6.42 Å². The lowest BCUT2D eigenvalue weighted by Gasteiger charge is -2.25. The molecular formula is C12H20N4O3S. The molecule has 0 saturated carbocycles. The number of sulfonamides is 1. The van der Waals surface area contributed by atoms with Crippen molar-refractivity contribution in [1.29, 1.82) is 0 Å². The zero-order valence-corrected chi connectivity index (χ0v) is 12.3. The van der Waals surface area contributed by atoms with Gasteiger partial charge in [-0.1, -0.05) is 6.08 Å². The molecule has 0 spiro atoms. The Morgan fingerprint density at radius 1 is 1.50 bits per heavy atom. The molecule has 0 amide bonds. The summed E-state index contributed by atoms with van der Waals surface area (Å²) in [6.07, 6.45) is 5.51. The summed E-state index contributed by atoms with van der Waals surface area (Å²) in [6, 6.07) is 0. The molecule has 1 aliphatic heterocycles. The van der Waals surface area contributed by atoms with Gasteiger partial charge in [0, 0.05) is 32.9 Å². The van der Waals surface area contributed by atoms with Crippen molar-refractivity contribution in [2.45, 2.75) is 17.9 Å². The summed E-state index contributed by atoms with van der Waals surface area (Å²) in [5.41, 5.74) is 6.56. The molecule has 2 heterocycles. The van der Waals surface area contributed by atoms with Crippen LogP contribution < -0.4 is 5.73 Å². The van der Waals surface area contributed by atoms with Gasteiger partial charge in [0.2, 0.25) is 10.0 Å². The fourth-order valence-corrected chi connectivity index (χ4v) is 3.44. The van der Waals surface area contributed by atoms with E-state index in [1.165, 1.54) is 16.7 Å². The van der Waals surface area contributed by atoms with Gasteiger partial charge >= 0.3 is 0 Å². The van der Waals surface area contributed by atoms with Crippen molar-refractivity contribution in [3.63, 3.8) is 0 Å². The predicted octanol–water partition coefficient (Wildman–Crippen LogP) is -0.191. The van der Waals surface area contributed by atoms with E-state index < -0.39 is 10.0 Å². The first-order valence-corrected chi connectivity index (χ1v) is 7.91. The molecule has 7 nitrogen and oxygen atoms in total. The van der Waals surface area contributed by atoms with E-state index in [1.54, 1.807) is 11.8 Å². The van der Waals surface area contributed by atoms with Crippen molar-refractivity contribution in [1.82, 2.24) is 14.1 Å². The first-order valence-electron chi connectivity index (χ1n) is 6.47. The minimum Gasteiger partial charge on any atom is -0.380 e. The van der Waals surface area contributed by atoms with E-state index in [0.717, 1.165) is 5.57 Å². The Bertz CT molecular complexity index is 579. The van der Waals surface area contributed by atoms with Crippen LogP contribution in [0, 0.1) is 0 Å².